The van der Waals surface area contributed by atoms with E-state index in [1.165, 1.54) is 4.90 Å². The minimum atomic E-state index is -2.94. The van der Waals surface area contributed by atoms with E-state index >= 15 is 0 Å². The number of carbonyl (C=O) groups excluding carboxylic acids is 1. The monoisotopic (exact) mass is 371 g/mol. The fraction of sp³-hybridized carbons (Fsp3) is 0.421. The average molecular weight is 371 g/mol. The van der Waals surface area contributed by atoms with E-state index in [1.54, 1.807) is 30.7 Å². The van der Waals surface area contributed by atoms with Crippen LogP contribution in [0.4, 0.5) is 8.78 Å². The Morgan fingerprint density at radius 1 is 1.30 bits per heavy atom. The lowest BCUT2D eigenvalue weighted by Crippen LogP contribution is -2.34. The van der Waals surface area contributed by atoms with Gasteiger partial charge in [0.25, 0.3) is 11.8 Å². The highest BCUT2D eigenvalue weighted by atomic mass is 19.3. The number of hydrogen-bond donors (Lipinski definition) is 1. The van der Waals surface area contributed by atoms with Crippen molar-refractivity contribution in [3.05, 3.63) is 48.2 Å². The van der Waals surface area contributed by atoms with Crippen molar-refractivity contribution in [3.63, 3.8) is 0 Å². The number of nitrogens with zero attached hydrogens (tertiary/aromatic N) is 4. The Morgan fingerprint density at radius 2 is 2.15 bits per heavy atom. The maximum Gasteiger partial charge on any atom is 0.267 e. The minimum absolute atomic E-state index is 0.401. The Kier molecular flexibility index (Phi) is 3.57. The topological polar surface area (TPSA) is 66.8 Å². The number of carbonyl (C=O) groups is 1. The lowest BCUT2D eigenvalue weighted by atomic mass is 10.1. The largest absolute Gasteiger partial charge is 0.361 e. The minimum Gasteiger partial charge on any atom is -0.361 e. The summed E-state index contributed by atoms with van der Waals surface area (Å²) in [5.74, 6) is -2.33. The van der Waals surface area contributed by atoms with E-state index in [-0.39, 0.29) is 0 Å². The van der Waals surface area contributed by atoms with Crippen molar-refractivity contribution in [1.82, 2.24) is 24.6 Å². The van der Waals surface area contributed by atoms with Crippen LogP contribution < -0.4 is 0 Å². The molecular weight excluding hydrogens is 352 g/mol. The van der Waals surface area contributed by atoms with E-state index in [0.717, 1.165) is 30.3 Å². The van der Waals surface area contributed by atoms with Crippen LogP contribution in [0.3, 0.4) is 0 Å². The molecule has 1 atom stereocenters. The van der Waals surface area contributed by atoms with Crippen molar-refractivity contribution in [2.75, 3.05) is 6.54 Å². The molecule has 140 valence electrons. The number of nitrogens with one attached hydrogen (secondary N) is 1. The molecule has 1 saturated carbocycles. The van der Waals surface area contributed by atoms with Gasteiger partial charge in [0.05, 0.1) is 12.6 Å². The smallest absolute Gasteiger partial charge is 0.267 e. The molecule has 0 radical (unpaired) electrons. The maximum atomic E-state index is 14.3. The quantitative estimate of drug-likeness (QED) is 0.764. The summed E-state index contributed by atoms with van der Waals surface area (Å²) in [6, 6.07) is 6.28. The van der Waals surface area contributed by atoms with Gasteiger partial charge in [0, 0.05) is 35.6 Å². The van der Waals surface area contributed by atoms with Gasteiger partial charge in [-0.2, -0.15) is 0 Å². The first kappa shape index (κ1) is 16.4. The Labute approximate surface area is 154 Å². The summed E-state index contributed by atoms with van der Waals surface area (Å²) in [5, 5.41) is 8.89. The van der Waals surface area contributed by atoms with Crippen LogP contribution in [0.25, 0.3) is 10.9 Å². The zero-order chi connectivity index (χ0) is 18.6. The number of amides is 1. The van der Waals surface area contributed by atoms with Crippen molar-refractivity contribution in [3.8, 4) is 0 Å². The third kappa shape index (κ3) is 2.98. The highest BCUT2D eigenvalue weighted by Crippen LogP contribution is 2.42. The van der Waals surface area contributed by atoms with E-state index in [0.29, 0.717) is 17.3 Å². The molecule has 1 amide bonds. The first-order chi connectivity index (χ1) is 13.0. The molecule has 3 aromatic rings. The molecule has 1 aliphatic heterocycles. The number of aromatic nitrogens is 4. The summed E-state index contributed by atoms with van der Waals surface area (Å²) in [4.78, 5) is 17.4. The van der Waals surface area contributed by atoms with E-state index < -0.39 is 30.8 Å². The number of benzene rings is 1. The van der Waals surface area contributed by atoms with Gasteiger partial charge in [-0.15, -0.1) is 10.2 Å². The second kappa shape index (κ2) is 5.87. The summed E-state index contributed by atoms with van der Waals surface area (Å²) < 4.78 is 30.4. The van der Waals surface area contributed by atoms with Crippen molar-refractivity contribution < 1.29 is 13.6 Å². The highest BCUT2D eigenvalue weighted by Gasteiger charge is 2.49. The van der Waals surface area contributed by atoms with Crippen LogP contribution in [0, 0.1) is 5.92 Å². The first-order valence-electron chi connectivity index (χ1n) is 9.14. The van der Waals surface area contributed by atoms with Crippen LogP contribution in [-0.2, 0) is 6.54 Å². The predicted molar refractivity (Wildman–Crippen MR) is 94.4 cm³/mol. The Morgan fingerprint density at radius 3 is 2.96 bits per heavy atom. The van der Waals surface area contributed by atoms with Gasteiger partial charge < -0.3 is 14.5 Å². The molecule has 1 saturated heterocycles. The molecule has 27 heavy (non-hydrogen) atoms. The molecule has 0 unspecified atom stereocenters. The molecule has 0 spiro atoms. The summed E-state index contributed by atoms with van der Waals surface area (Å²) >= 11 is 0. The van der Waals surface area contributed by atoms with Crippen molar-refractivity contribution in [2.24, 2.45) is 5.92 Å². The molecule has 1 aromatic carbocycles. The normalized spacial score (nSPS) is 21.9. The predicted octanol–water partition coefficient (Wildman–Crippen LogP) is 3.39. The van der Waals surface area contributed by atoms with Crippen LogP contribution in [0.5, 0.6) is 0 Å². The third-order valence-corrected chi connectivity index (χ3v) is 5.43. The molecule has 3 heterocycles. The van der Waals surface area contributed by atoms with Gasteiger partial charge in [-0.3, -0.25) is 4.79 Å². The molecule has 8 heteroatoms. The van der Waals surface area contributed by atoms with E-state index in [2.05, 4.69) is 15.2 Å². The summed E-state index contributed by atoms with van der Waals surface area (Å²) in [6.07, 6.45) is 5.22. The van der Waals surface area contributed by atoms with Gasteiger partial charge in [-0.05, 0) is 43.0 Å². The van der Waals surface area contributed by atoms with Gasteiger partial charge in [0.15, 0.2) is 5.82 Å². The Bertz CT molecular complexity index is 1010. The Balaban J connectivity index is 1.48. The number of hydrogen-bond acceptors (Lipinski definition) is 3. The highest BCUT2D eigenvalue weighted by molar-refractivity contribution is 5.98. The molecule has 2 aromatic heterocycles. The van der Waals surface area contributed by atoms with Gasteiger partial charge in [-0.25, -0.2) is 8.78 Å². The lowest BCUT2D eigenvalue weighted by molar-refractivity contribution is 0.0117. The summed E-state index contributed by atoms with van der Waals surface area (Å²) in [5.41, 5.74) is 1.30. The van der Waals surface area contributed by atoms with Gasteiger partial charge in [0.2, 0.25) is 0 Å². The number of alkyl halides is 2. The summed E-state index contributed by atoms with van der Waals surface area (Å²) in [6.45, 7) is 0.125. The molecule has 0 bridgehead atoms. The molecule has 1 N–H and O–H groups in total. The number of aromatic amines is 1. The molecule has 2 aliphatic rings. The van der Waals surface area contributed by atoms with E-state index in [9.17, 15) is 13.6 Å². The van der Waals surface area contributed by atoms with Crippen LogP contribution in [0.1, 0.15) is 41.5 Å². The number of likely N-dealkylation sites (tertiary alicyclic amines) is 1. The molecule has 6 nitrogen and oxygen atoms in total. The van der Waals surface area contributed by atoms with Gasteiger partial charge in [0.1, 0.15) is 6.33 Å². The average Bonchev–Trinajstić information content (AvgIpc) is 3.04. The van der Waals surface area contributed by atoms with Crippen LogP contribution in [0.15, 0.2) is 36.8 Å². The van der Waals surface area contributed by atoms with Gasteiger partial charge >= 0.3 is 0 Å². The maximum absolute atomic E-state index is 14.3. The van der Waals surface area contributed by atoms with Crippen LogP contribution in [0.2, 0.25) is 0 Å². The van der Waals surface area contributed by atoms with Crippen LogP contribution >= 0.6 is 0 Å². The van der Waals surface area contributed by atoms with Crippen molar-refractivity contribution >= 4 is 16.8 Å². The Hall–Kier alpha value is -2.77. The fourth-order valence-electron chi connectivity index (χ4n) is 3.85. The van der Waals surface area contributed by atoms with Gasteiger partial charge in [-0.1, -0.05) is 0 Å². The number of halogens is 2. The fourth-order valence-corrected chi connectivity index (χ4v) is 3.85. The number of H-pyrrole nitrogens is 1. The second-order valence-corrected chi connectivity index (χ2v) is 7.57. The zero-order valence-corrected chi connectivity index (χ0v) is 14.6. The number of rotatable bonds is 4. The third-order valence-electron chi connectivity index (χ3n) is 5.43. The standard InChI is InChI=1S/C19H19F2N5O/c20-19(21)8-16(17-24-23-11-25(17)9-12-1-2-12)26(10-19)18(27)14-3-4-15-13(7-14)5-6-22-15/h3-7,11-12,16,22H,1-2,8-10H2/t16-/m0/s1. The van der Waals surface area contributed by atoms with Crippen LogP contribution in [-0.4, -0.2) is 43.0 Å². The van der Waals surface area contributed by atoms with E-state index in [4.69, 9.17) is 0 Å². The van der Waals surface area contributed by atoms with E-state index in [1.807, 2.05) is 10.6 Å². The zero-order valence-electron chi connectivity index (χ0n) is 14.6. The van der Waals surface area contributed by atoms with Crippen molar-refractivity contribution in [2.45, 2.75) is 37.8 Å². The molecule has 2 fully saturated rings. The van der Waals surface area contributed by atoms with Crippen molar-refractivity contribution in [1.29, 1.82) is 0 Å². The lowest BCUT2D eigenvalue weighted by Gasteiger charge is -2.24. The molecule has 1 aliphatic carbocycles. The SMILES string of the molecule is O=C(c1ccc2[nH]ccc2c1)N1CC(F)(F)C[C@H]1c1nncn1CC1CC1. The second-order valence-electron chi connectivity index (χ2n) is 7.57. The molecular formula is C19H19F2N5O. The number of fused-ring (bicyclic) bond motifs is 1. The summed E-state index contributed by atoms with van der Waals surface area (Å²) in [7, 11) is 0. The molecule has 5 rings (SSSR count). The first-order valence-corrected chi connectivity index (χ1v) is 9.14.